The van der Waals surface area contributed by atoms with Crippen molar-refractivity contribution in [3.05, 3.63) is 34.3 Å². The van der Waals surface area contributed by atoms with Crippen LogP contribution in [0.1, 0.15) is 36.0 Å². The second-order valence-corrected chi connectivity index (χ2v) is 5.84. The summed E-state index contributed by atoms with van der Waals surface area (Å²) in [6.45, 7) is 2.81. The van der Waals surface area contributed by atoms with E-state index in [1.165, 1.54) is 5.56 Å². The zero-order chi connectivity index (χ0) is 13.8. The molecule has 1 heterocycles. The molecule has 0 aliphatic carbocycles. The molecule has 0 spiro atoms. The highest BCUT2D eigenvalue weighted by atomic mass is 35.5. The van der Waals surface area contributed by atoms with Crippen molar-refractivity contribution < 1.29 is 5.11 Å². The number of hydrogen-bond acceptors (Lipinski definition) is 3. The number of piperidine rings is 1. The quantitative estimate of drug-likeness (QED) is 0.890. The molecule has 0 amide bonds. The number of aliphatic hydroxyl groups excluding tert-OH is 1. The van der Waals surface area contributed by atoms with Crippen molar-refractivity contribution in [2.45, 2.75) is 24.9 Å². The highest BCUT2D eigenvalue weighted by Gasteiger charge is 2.21. The van der Waals surface area contributed by atoms with Gasteiger partial charge in [0.2, 0.25) is 0 Å². The summed E-state index contributed by atoms with van der Waals surface area (Å²) in [5.41, 5.74) is 2.12. The summed E-state index contributed by atoms with van der Waals surface area (Å²) in [4.78, 5) is 2.36. The maximum Gasteiger partial charge on any atom is 0.0914 e. The number of likely N-dealkylation sites (tertiary alicyclic amines) is 1. The Morgan fingerprint density at radius 3 is 2.68 bits per heavy atom. The topological polar surface area (TPSA) is 35.5 Å². The molecule has 0 radical (unpaired) electrons. The molecule has 0 saturated carbocycles. The van der Waals surface area contributed by atoms with Crippen LogP contribution in [-0.4, -0.2) is 43.7 Å². The van der Waals surface area contributed by atoms with Gasteiger partial charge in [-0.05, 0) is 63.1 Å². The van der Waals surface area contributed by atoms with Crippen LogP contribution >= 0.6 is 11.6 Å². The fraction of sp³-hybridized carbons (Fsp3) is 0.600. The van der Waals surface area contributed by atoms with Gasteiger partial charge in [0.05, 0.1) is 6.10 Å². The molecular weight excluding hydrogens is 260 g/mol. The molecule has 4 heteroatoms. The third-order valence-corrected chi connectivity index (χ3v) is 4.29. The van der Waals surface area contributed by atoms with Crippen molar-refractivity contribution in [3.8, 4) is 0 Å². The molecule has 2 N–H and O–H groups in total. The lowest BCUT2D eigenvalue weighted by atomic mass is 9.88. The van der Waals surface area contributed by atoms with E-state index in [4.69, 9.17) is 11.6 Å². The molecule has 0 bridgehead atoms. The fourth-order valence-electron chi connectivity index (χ4n) is 2.71. The number of nitrogens with one attached hydrogen (secondary N) is 1. The van der Waals surface area contributed by atoms with Gasteiger partial charge in [-0.2, -0.15) is 0 Å². The highest BCUT2D eigenvalue weighted by molar-refractivity contribution is 6.31. The van der Waals surface area contributed by atoms with Gasteiger partial charge in [0, 0.05) is 11.6 Å². The van der Waals surface area contributed by atoms with Crippen LogP contribution in [0, 0.1) is 0 Å². The lowest BCUT2D eigenvalue weighted by Gasteiger charge is -2.30. The second-order valence-electron chi connectivity index (χ2n) is 5.43. The number of hydrogen-bond donors (Lipinski definition) is 2. The average molecular weight is 283 g/mol. The van der Waals surface area contributed by atoms with E-state index in [1.54, 1.807) is 0 Å². The predicted octanol–water partition coefficient (Wildman–Crippen LogP) is 2.40. The van der Waals surface area contributed by atoms with Crippen LogP contribution in [0.5, 0.6) is 0 Å². The summed E-state index contributed by atoms with van der Waals surface area (Å²) >= 11 is 6.40. The lowest BCUT2D eigenvalue weighted by molar-refractivity contribution is 0.177. The van der Waals surface area contributed by atoms with E-state index in [0.29, 0.717) is 12.5 Å². The largest absolute Gasteiger partial charge is 0.387 e. The van der Waals surface area contributed by atoms with Crippen LogP contribution in [0.25, 0.3) is 0 Å². The second kappa shape index (κ2) is 6.71. The Morgan fingerprint density at radius 1 is 1.42 bits per heavy atom. The van der Waals surface area contributed by atoms with Gasteiger partial charge in [-0.25, -0.2) is 0 Å². The Balaban J connectivity index is 2.10. The SMILES string of the molecule is CNCC(O)c1ccc(C2CCN(C)CC2)c(Cl)c1. The first-order valence-electron chi connectivity index (χ1n) is 6.92. The van der Waals surface area contributed by atoms with Gasteiger partial charge >= 0.3 is 0 Å². The first-order chi connectivity index (χ1) is 9.11. The Morgan fingerprint density at radius 2 is 2.11 bits per heavy atom. The van der Waals surface area contributed by atoms with Crippen LogP contribution in [0.2, 0.25) is 5.02 Å². The number of aliphatic hydroxyl groups is 1. The van der Waals surface area contributed by atoms with Gasteiger partial charge in [0.15, 0.2) is 0 Å². The summed E-state index contributed by atoms with van der Waals surface area (Å²) in [5.74, 6) is 0.555. The molecule has 1 aromatic rings. The van der Waals surface area contributed by atoms with Crippen LogP contribution in [-0.2, 0) is 0 Å². The molecule has 1 aliphatic heterocycles. The van der Waals surface area contributed by atoms with Crippen LogP contribution in [0.3, 0.4) is 0 Å². The summed E-state index contributed by atoms with van der Waals surface area (Å²) in [6, 6.07) is 6.01. The zero-order valence-electron chi connectivity index (χ0n) is 11.7. The molecule has 19 heavy (non-hydrogen) atoms. The molecule has 1 saturated heterocycles. The molecular formula is C15H23ClN2O. The van der Waals surface area contributed by atoms with Gasteiger partial charge in [-0.15, -0.1) is 0 Å². The summed E-state index contributed by atoms with van der Waals surface area (Å²) in [5, 5.41) is 13.7. The van der Waals surface area contributed by atoms with Crippen molar-refractivity contribution in [1.82, 2.24) is 10.2 Å². The van der Waals surface area contributed by atoms with E-state index in [-0.39, 0.29) is 0 Å². The van der Waals surface area contributed by atoms with E-state index in [1.807, 2.05) is 19.2 Å². The number of benzene rings is 1. The smallest absolute Gasteiger partial charge is 0.0914 e. The monoisotopic (exact) mass is 282 g/mol. The first kappa shape index (κ1) is 14.8. The number of likely N-dealkylation sites (N-methyl/N-ethyl adjacent to an activating group) is 1. The van der Waals surface area contributed by atoms with Crippen LogP contribution in [0.15, 0.2) is 18.2 Å². The van der Waals surface area contributed by atoms with E-state index >= 15 is 0 Å². The molecule has 3 nitrogen and oxygen atoms in total. The van der Waals surface area contributed by atoms with E-state index < -0.39 is 6.10 Å². The highest BCUT2D eigenvalue weighted by Crippen LogP contribution is 2.33. The maximum absolute atomic E-state index is 9.95. The minimum Gasteiger partial charge on any atom is -0.387 e. The van der Waals surface area contributed by atoms with Crippen molar-refractivity contribution >= 4 is 11.6 Å². The Labute approximate surface area is 120 Å². The van der Waals surface area contributed by atoms with Gasteiger partial charge in [-0.1, -0.05) is 23.7 Å². The van der Waals surface area contributed by atoms with Crippen molar-refractivity contribution in [3.63, 3.8) is 0 Å². The van der Waals surface area contributed by atoms with Crippen molar-refractivity contribution in [2.24, 2.45) is 0 Å². The number of halogens is 1. The van der Waals surface area contributed by atoms with Gasteiger partial charge in [0.1, 0.15) is 0 Å². The van der Waals surface area contributed by atoms with Gasteiger partial charge < -0.3 is 15.3 Å². The minimum atomic E-state index is -0.492. The predicted molar refractivity (Wildman–Crippen MR) is 79.8 cm³/mol. The van der Waals surface area contributed by atoms with Crippen LogP contribution in [0.4, 0.5) is 0 Å². The minimum absolute atomic E-state index is 0.492. The number of rotatable bonds is 4. The first-order valence-corrected chi connectivity index (χ1v) is 7.30. The molecule has 1 atom stereocenters. The standard InChI is InChI=1S/C15H23ClN2O/c1-17-10-15(19)12-3-4-13(14(16)9-12)11-5-7-18(2)8-6-11/h3-4,9,11,15,17,19H,5-8,10H2,1-2H3. The molecule has 1 unspecified atom stereocenters. The molecule has 1 fully saturated rings. The molecule has 0 aromatic heterocycles. The fourth-order valence-corrected chi connectivity index (χ4v) is 3.06. The Kier molecular flexibility index (Phi) is 5.22. The molecule has 1 aromatic carbocycles. The van der Waals surface area contributed by atoms with Crippen molar-refractivity contribution in [1.29, 1.82) is 0 Å². The zero-order valence-corrected chi connectivity index (χ0v) is 12.5. The molecule has 1 aliphatic rings. The van der Waals surface area contributed by atoms with E-state index in [0.717, 1.165) is 36.5 Å². The van der Waals surface area contributed by atoms with Crippen LogP contribution < -0.4 is 5.32 Å². The normalized spacial score (nSPS) is 19.6. The van der Waals surface area contributed by atoms with Crippen molar-refractivity contribution in [2.75, 3.05) is 33.7 Å². The number of nitrogens with zero attached hydrogens (tertiary/aromatic N) is 1. The van der Waals surface area contributed by atoms with E-state index in [9.17, 15) is 5.11 Å². The third-order valence-electron chi connectivity index (χ3n) is 3.97. The summed E-state index contributed by atoms with van der Waals surface area (Å²) in [7, 11) is 3.99. The summed E-state index contributed by atoms with van der Waals surface area (Å²) < 4.78 is 0. The molecule has 2 rings (SSSR count). The average Bonchev–Trinajstić information content (AvgIpc) is 2.40. The van der Waals surface area contributed by atoms with E-state index in [2.05, 4.69) is 23.3 Å². The van der Waals surface area contributed by atoms with Gasteiger partial charge in [0.25, 0.3) is 0 Å². The molecule has 106 valence electrons. The van der Waals surface area contributed by atoms with Gasteiger partial charge in [-0.3, -0.25) is 0 Å². The Hall–Kier alpha value is -0.610. The summed E-state index contributed by atoms with van der Waals surface area (Å²) in [6.07, 6.45) is 1.83. The maximum atomic E-state index is 9.95. The Bertz CT molecular complexity index is 417. The third kappa shape index (κ3) is 3.69. The lowest BCUT2D eigenvalue weighted by Crippen LogP contribution is -2.29.